The van der Waals surface area contributed by atoms with E-state index in [0.29, 0.717) is 60.2 Å². The van der Waals surface area contributed by atoms with Crippen molar-refractivity contribution in [2.75, 3.05) is 62.4 Å². The summed E-state index contributed by atoms with van der Waals surface area (Å²) >= 11 is 3.46. The fourth-order valence-corrected chi connectivity index (χ4v) is 5.67. The molecule has 0 saturated carbocycles. The van der Waals surface area contributed by atoms with Gasteiger partial charge in [0, 0.05) is 48.1 Å². The molecular formula is C29H35BrN6O5. The highest BCUT2D eigenvalue weighted by molar-refractivity contribution is 9.10. The Morgan fingerprint density at radius 1 is 0.951 bits per heavy atom. The van der Waals surface area contributed by atoms with Gasteiger partial charge in [-0.15, -0.1) is 0 Å². The van der Waals surface area contributed by atoms with Gasteiger partial charge in [0.05, 0.1) is 49.2 Å². The number of aromatic nitrogens is 4. The van der Waals surface area contributed by atoms with Crippen molar-refractivity contribution in [3.63, 3.8) is 0 Å². The normalized spacial score (nSPS) is 14.1. The Kier molecular flexibility index (Phi) is 9.21. The zero-order valence-electron chi connectivity index (χ0n) is 23.3. The molecule has 0 bridgehead atoms. The molecule has 1 saturated heterocycles. The number of aliphatic hydroxyl groups is 2. The van der Waals surface area contributed by atoms with E-state index in [0.717, 1.165) is 28.5 Å². The van der Waals surface area contributed by atoms with Crippen molar-refractivity contribution in [2.24, 2.45) is 0 Å². The highest BCUT2D eigenvalue weighted by Gasteiger charge is 2.26. The Balaban J connectivity index is 1.51. The van der Waals surface area contributed by atoms with Gasteiger partial charge in [0.2, 0.25) is 5.95 Å². The lowest BCUT2D eigenvalue weighted by atomic mass is 10.0. The molecule has 218 valence electrons. The van der Waals surface area contributed by atoms with Crippen LogP contribution in [0.4, 0.5) is 11.8 Å². The van der Waals surface area contributed by atoms with Gasteiger partial charge in [0.1, 0.15) is 5.82 Å². The number of benzene rings is 2. The van der Waals surface area contributed by atoms with Gasteiger partial charge in [0.15, 0.2) is 11.5 Å². The smallest absolute Gasteiger partial charge is 0.261 e. The predicted octanol–water partition coefficient (Wildman–Crippen LogP) is 3.53. The fourth-order valence-electron chi connectivity index (χ4n) is 5.30. The van der Waals surface area contributed by atoms with E-state index in [4.69, 9.17) is 19.4 Å². The van der Waals surface area contributed by atoms with E-state index in [2.05, 4.69) is 25.8 Å². The lowest BCUT2D eigenvalue weighted by Gasteiger charge is -2.34. The molecule has 4 aromatic rings. The number of halogens is 1. The van der Waals surface area contributed by atoms with Gasteiger partial charge < -0.3 is 29.5 Å². The molecule has 2 aromatic heterocycles. The van der Waals surface area contributed by atoms with Crippen LogP contribution in [0, 0.1) is 0 Å². The molecule has 11 nitrogen and oxygen atoms in total. The zero-order valence-corrected chi connectivity index (χ0v) is 24.9. The van der Waals surface area contributed by atoms with Crippen LogP contribution < -0.4 is 24.8 Å². The van der Waals surface area contributed by atoms with Gasteiger partial charge in [-0.05, 0) is 51.0 Å². The SMILES string of the molecule is CCOc1cc2nc(N(CCO)CCO)nc(N3CCC(n4cnc5ccc(Br)cc5c4=O)CC3)c2cc1OCC. The van der Waals surface area contributed by atoms with Crippen LogP contribution in [0.2, 0.25) is 0 Å². The Hall–Kier alpha value is -3.48. The molecular weight excluding hydrogens is 592 g/mol. The largest absolute Gasteiger partial charge is 0.490 e. The summed E-state index contributed by atoms with van der Waals surface area (Å²) in [7, 11) is 0. The maximum absolute atomic E-state index is 13.3. The van der Waals surface area contributed by atoms with E-state index in [1.54, 1.807) is 15.8 Å². The maximum atomic E-state index is 13.3. The summed E-state index contributed by atoms with van der Waals surface area (Å²) in [6.45, 7) is 6.51. The van der Waals surface area contributed by atoms with Crippen molar-refractivity contribution in [3.05, 3.63) is 51.5 Å². The Morgan fingerprint density at radius 3 is 2.29 bits per heavy atom. The summed E-state index contributed by atoms with van der Waals surface area (Å²) < 4.78 is 14.4. The Morgan fingerprint density at radius 2 is 1.63 bits per heavy atom. The number of anilines is 2. The van der Waals surface area contributed by atoms with Gasteiger partial charge in [-0.25, -0.2) is 9.97 Å². The molecule has 1 fully saturated rings. The van der Waals surface area contributed by atoms with Crippen molar-refractivity contribution in [1.29, 1.82) is 0 Å². The van der Waals surface area contributed by atoms with Crippen LogP contribution in [0.3, 0.4) is 0 Å². The van der Waals surface area contributed by atoms with E-state index in [1.165, 1.54) is 0 Å². The average Bonchev–Trinajstić information content (AvgIpc) is 2.98. The molecule has 2 N–H and O–H groups in total. The van der Waals surface area contributed by atoms with E-state index < -0.39 is 0 Å². The number of ether oxygens (including phenoxy) is 2. The maximum Gasteiger partial charge on any atom is 0.261 e. The second kappa shape index (κ2) is 13.0. The molecule has 3 heterocycles. The molecule has 0 aliphatic carbocycles. The summed E-state index contributed by atoms with van der Waals surface area (Å²) in [5.74, 6) is 2.38. The summed E-state index contributed by atoms with van der Waals surface area (Å²) in [4.78, 5) is 31.6. The van der Waals surface area contributed by atoms with Crippen LogP contribution in [0.25, 0.3) is 21.8 Å². The number of aliphatic hydroxyl groups excluding tert-OH is 2. The summed E-state index contributed by atoms with van der Waals surface area (Å²) in [6, 6.07) is 9.34. The molecule has 0 amide bonds. The quantitative estimate of drug-likeness (QED) is 0.255. The van der Waals surface area contributed by atoms with Crippen molar-refractivity contribution >= 4 is 49.5 Å². The molecule has 0 radical (unpaired) electrons. The van der Waals surface area contributed by atoms with Crippen molar-refractivity contribution in [3.8, 4) is 11.5 Å². The molecule has 5 rings (SSSR count). The number of hydrogen-bond acceptors (Lipinski definition) is 10. The molecule has 1 aliphatic heterocycles. The van der Waals surface area contributed by atoms with Gasteiger partial charge in [-0.1, -0.05) is 15.9 Å². The first kappa shape index (κ1) is 29.0. The highest BCUT2D eigenvalue weighted by atomic mass is 79.9. The second-order valence-electron chi connectivity index (χ2n) is 9.80. The number of rotatable bonds is 11. The molecule has 0 atom stereocenters. The van der Waals surface area contributed by atoms with Crippen LogP contribution in [-0.2, 0) is 0 Å². The number of piperidine rings is 1. The van der Waals surface area contributed by atoms with Crippen LogP contribution in [0.5, 0.6) is 11.5 Å². The average molecular weight is 628 g/mol. The summed E-state index contributed by atoms with van der Waals surface area (Å²) in [6.07, 6.45) is 3.12. The lowest BCUT2D eigenvalue weighted by molar-refractivity contribution is 0.280. The Labute approximate surface area is 246 Å². The van der Waals surface area contributed by atoms with Crippen molar-refractivity contribution < 1.29 is 19.7 Å². The van der Waals surface area contributed by atoms with E-state index >= 15 is 0 Å². The van der Waals surface area contributed by atoms with Gasteiger partial charge in [-0.2, -0.15) is 4.98 Å². The third kappa shape index (κ3) is 6.09. The van der Waals surface area contributed by atoms with Crippen molar-refractivity contribution in [1.82, 2.24) is 19.5 Å². The zero-order chi connectivity index (χ0) is 28.9. The van der Waals surface area contributed by atoms with Gasteiger partial charge in [-0.3, -0.25) is 9.36 Å². The summed E-state index contributed by atoms with van der Waals surface area (Å²) in [5, 5.41) is 20.7. The standard InChI is InChI=1S/C29H35BrN6O5/c1-3-40-25-16-21-24(17-26(25)41-4-2)32-29(35(11-13-37)12-14-38)33-27(21)34-9-7-20(8-10-34)36-18-31-23-6-5-19(30)15-22(23)28(36)39/h5-6,15-18,20,37-38H,3-4,7-14H2,1-2H3. The van der Waals surface area contributed by atoms with Crippen LogP contribution >= 0.6 is 15.9 Å². The van der Waals surface area contributed by atoms with Crippen LogP contribution in [-0.4, -0.2) is 82.3 Å². The van der Waals surface area contributed by atoms with E-state index in [1.807, 2.05) is 44.2 Å². The monoisotopic (exact) mass is 626 g/mol. The molecule has 1 aliphatic rings. The third-order valence-electron chi connectivity index (χ3n) is 7.25. The molecule has 41 heavy (non-hydrogen) atoms. The second-order valence-corrected chi connectivity index (χ2v) is 10.7. The Bertz CT molecular complexity index is 1570. The third-order valence-corrected chi connectivity index (χ3v) is 7.75. The fraction of sp³-hybridized carbons (Fsp3) is 0.448. The minimum absolute atomic E-state index is 0.00558. The number of hydrogen-bond donors (Lipinski definition) is 2. The van der Waals surface area contributed by atoms with E-state index in [9.17, 15) is 15.0 Å². The topological polar surface area (TPSA) is 126 Å². The lowest BCUT2D eigenvalue weighted by Crippen LogP contribution is -2.38. The number of fused-ring (bicyclic) bond motifs is 2. The predicted molar refractivity (Wildman–Crippen MR) is 162 cm³/mol. The minimum Gasteiger partial charge on any atom is -0.490 e. The van der Waals surface area contributed by atoms with Gasteiger partial charge in [0.25, 0.3) is 5.56 Å². The highest BCUT2D eigenvalue weighted by Crippen LogP contribution is 2.38. The molecule has 0 unspecified atom stereocenters. The summed E-state index contributed by atoms with van der Waals surface area (Å²) in [5.41, 5.74) is 1.32. The first-order chi connectivity index (χ1) is 20.0. The van der Waals surface area contributed by atoms with Crippen molar-refractivity contribution in [2.45, 2.75) is 32.7 Å². The van der Waals surface area contributed by atoms with Crippen LogP contribution in [0.1, 0.15) is 32.7 Å². The molecule has 2 aromatic carbocycles. The first-order valence-corrected chi connectivity index (χ1v) is 14.8. The van der Waals surface area contributed by atoms with Crippen LogP contribution in [0.15, 0.2) is 45.9 Å². The first-order valence-electron chi connectivity index (χ1n) is 14.0. The minimum atomic E-state index is -0.0965. The number of nitrogens with zero attached hydrogens (tertiary/aromatic N) is 6. The van der Waals surface area contributed by atoms with E-state index in [-0.39, 0.29) is 37.9 Å². The molecule has 0 spiro atoms. The molecule has 12 heteroatoms. The van der Waals surface area contributed by atoms with Gasteiger partial charge >= 0.3 is 0 Å².